The lowest BCUT2D eigenvalue weighted by atomic mass is 9.99. The van der Waals surface area contributed by atoms with Crippen LogP contribution in [0.3, 0.4) is 0 Å². The highest BCUT2D eigenvalue weighted by molar-refractivity contribution is 5.92. The van der Waals surface area contributed by atoms with Gasteiger partial charge in [0.25, 0.3) is 5.91 Å². The molecule has 0 bridgehead atoms. The second-order valence-electron chi connectivity index (χ2n) is 5.69. The molecule has 1 atom stereocenters. The maximum Gasteiger partial charge on any atom is 0.338 e. The Balaban J connectivity index is 1.63. The molecule has 0 aromatic heterocycles. The van der Waals surface area contributed by atoms with Gasteiger partial charge >= 0.3 is 5.97 Å². The standard InChI is InChI=1S/C19H19NO3/c1-14(23-19(22)16-8-3-2-4-9-16)18(21)20-12-11-15-7-5-6-10-17(15)13-20/h2-10,14H,11-13H2,1H3. The van der Waals surface area contributed by atoms with E-state index in [0.29, 0.717) is 18.7 Å². The number of benzene rings is 2. The third-order valence-corrected chi connectivity index (χ3v) is 4.08. The van der Waals surface area contributed by atoms with Gasteiger partial charge in [-0.05, 0) is 36.6 Å². The molecule has 3 rings (SSSR count). The Hall–Kier alpha value is -2.62. The molecule has 0 spiro atoms. The van der Waals surface area contributed by atoms with Crippen molar-refractivity contribution >= 4 is 11.9 Å². The van der Waals surface area contributed by atoms with Crippen molar-refractivity contribution in [2.24, 2.45) is 0 Å². The van der Waals surface area contributed by atoms with Gasteiger partial charge < -0.3 is 9.64 Å². The fourth-order valence-corrected chi connectivity index (χ4v) is 2.79. The largest absolute Gasteiger partial charge is 0.449 e. The number of carbonyl (C=O) groups excluding carboxylic acids is 2. The summed E-state index contributed by atoms with van der Waals surface area (Å²) in [5, 5.41) is 0. The van der Waals surface area contributed by atoms with Gasteiger partial charge in [-0.3, -0.25) is 4.79 Å². The molecule has 2 aromatic rings. The van der Waals surface area contributed by atoms with Crippen LogP contribution in [0.1, 0.15) is 28.4 Å². The molecule has 4 nitrogen and oxygen atoms in total. The smallest absolute Gasteiger partial charge is 0.338 e. The van der Waals surface area contributed by atoms with E-state index in [0.717, 1.165) is 12.0 Å². The Morgan fingerprint density at radius 1 is 1.00 bits per heavy atom. The van der Waals surface area contributed by atoms with E-state index in [1.165, 1.54) is 5.56 Å². The molecule has 1 amide bonds. The topological polar surface area (TPSA) is 46.6 Å². The highest BCUT2D eigenvalue weighted by Crippen LogP contribution is 2.19. The van der Waals surface area contributed by atoms with Crippen LogP contribution in [-0.4, -0.2) is 29.4 Å². The predicted octanol–water partition coefficient (Wildman–Crippen LogP) is 2.82. The summed E-state index contributed by atoms with van der Waals surface area (Å²) in [6, 6.07) is 16.8. The highest BCUT2D eigenvalue weighted by Gasteiger charge is 2.27. The molecule has 1 heterocycles. The summed E-state index contributed by atoms with van der Waals surface area (Å²) in [6.45, 7) is 2.86. The number of amides is 1. The molecule has 1 aliphatic heterocycles. The van der Waals surface area contributed by atoms with E-state index >= 15 is 0 Å². The van der Waals surface area contributed by atoms with Crippen LogP contribution in [0, 0.1) is 0 Å². The summed E-state index contributed by atoms with van der Waals surface area (Å²) in [5.41, 5.74) is 2.90. The van der Waals surface area contributed by atoms with Gasteiger partial charge in [0.05, 0.1) is 5.56 Å². The molecular formula is C19H19NO3. The Labute approximate surface area is 135 Å². The lowest BCUT2D eigenvalue weighted by Gasteiger charge is -2.30. The minimum Gasteiger partial charge on any atom is -0.449 e. The van der Waals surface area contributed by atoms with Crippen molar-refractivity contribution in [1.82, 2.24) is 4.90 Å². The summed E-state index contributed by atoms with van der Waals surface area (Å²) in [7, 11) is 0. The van der Waals surface area contributed by atoms with Gasteiger partial charge in [0, 0.05) is 13.1 Å². The number of esters is 1. The van der Waals surface area contributed by atoms with Crippen molar-refractivity contribution < 1.29 is 14.3 Å². The zero-order valence-electron chi connectivity index (χ0n) is 13.1. The molecule has 1 unspecified atom stereocenters. The van der Waals surface area contributed by atoms with Gasteiger partial charge in [-0.1, -0.05) is 42.5 Å². The number of fused-ring (bicyclic) bond motifs is 1. The van der Waals surface area contributed by atoms with E-state index in [4.69, 9.17) is 4.74 Å². The molecule has 4 heteroatoms. The van der Waals surface area contributed by atoms with Crippen molar-refractivity contribution in [2.75, 3.05) is 6.54 Å². The molecule has 0 saturated carbocycles. The lowest BCUT2D eigenvalue weighted by Crippen LogP contribution is -2.42. The summed E-state index contributed by atoms with van der Waals surface area (Å²) in [6.07, 6.45) is 0.0503. The molecule has 0 saturated heterocycles. The van der Waals surface area contributed by atoms with Gasteiger partial charge in [-0.2, -0.15) is 0 Å². The maximum atomic E-state index is 12.5. The fraction of sp³-hybridized carbons (Fsp3) is 0.263. The number of ether oxygens (including phenoxy) is 1. The molecule has 0 fully saturated rings. The van der Waals surface area contributed by atoms with E-state index in [9.17, 15) is 9.59 Å². The first kappa shape index (κ1) is 15.3. The van der Waals surface area contributed by atoms with Crippen molar-refractivity contribution in [3.05, 3.63) is 71.3 Å². The first-order valence-corrected chi connectivity index (χ1v) is 7.77. The maximum absolute atomic E-state index is 12.5. The van der Waals surface area contributed by atoms with Crippen LogP contribution >= 0.6 is 0 Å². The number of hydrogen-bond acceptors (Lipinski definition) is 3. The Morgan fingerprint density at radius 2 is 1.65 bits per heavy atom. The van der Waals surface area contributed by atoms with Crippen molar-refractivity contribution in [3.63, 3.8) is 0 Å². The zero-order chi connectivity index (χ0) is 16.2. The van der Waals surface area contributed by atoms with Gasteiger partial charge in [-0.25, -0.2) is 4.79 Å². The summed E-state index contributed by atoms with van der Waals surface area (Å²) in [5.74, 6) is -0.618. The Kier molecular flexibility index (Phi) is 4.42. The molecule has 0 radical (unpaired) electrons. The second-order valence-corrected chi connectivity index (χ2v) is 5.69. The van der Waals surface area contributed by atoms with Crippen LogP contribution in [-0.2, 0) is 22.5 Å². The summed E-state index contributed by atoms with van der Waals surface area (Å²) < 4.78 is 5.31. The molecule has 23 heavy (non-hydrogen) atoms. The third-order valence-electron chi connectivity index (χ3n) is 4.08. The van der Waals surface area contributed by atoms with Crippen LogP contribution in [0.4, 0.5) is 0 Å². The number of hydrogen-bond donors (Lipinski definition) is 0. The summed E-state index contributed by atoms with van der Waals surface area (Å²) >= 11 is 0. The van der Waals surface area contributed by atoms with Crippen LogP contribution in [0.2, 0.25) is 0 Å². The van der Waals surface area contributed by atoms with Gasteiger partial charge in [0.2, 0.25) is 0 Å². The molecule has 1 aliphatic rings. The van der Waals surface area contributed by atoms with E-state index in [-0.39, 0.29) is 5.91 Å². The first-order valence-electron chi connectivity index (χ1n) is 7.77. The highest BCUT2D eigenvalue weighted by atomic mass is 16.5. The molecule has 0 aliphatic carbocycles. The van der Waals surface area contributed by atoms with Crippen LogP contribution in [0.5, 0.6) is 0 Å². The molecule has 0 N–H and O–H groups in total. The number of rotatable bonds is 3. The van der Waals surface area contributed by atoms with Crippen molar-refractivity contribution in [2.45, 2.75) is 26.0 Å². The normalized spacial score (nSPS) is 14.7. The Bertz CT molecular complexity index is 712. The minimum atomic E-state index is -0.784. The quantitative estimate of drug-likeness (QED) is 0.819. The fourth-order valence-electron chi connectivity index (χ4n) is 2.79. The van der Waals surface area contributed by atoms with Crippen LogP contribution in [0.25, 0.3) is 0 Å². The third kappa shape index (κ3) is 3.42. The van der Waals surface area contributed by atoms with Gasteiger partial charge in [-0.15, -0.1) is 0 Å². The van der Waals surface area contributed by atoms with Gasteiger partial charge in [0.15, 0.2) is 6.10 Å². The molecule has 118 valence electrons. The monoisotopic (exact) mass is 309 g/mol. The van der Waals surface area contributed by atoms with Crippen LogP contribution < -0.4 is 0 Å². The molecular weight excluding hydrogens is 290 g/mol. The van der Waals surface area contributed by atoms with E-state index in [1.54, 1.807) is 36.1 Å². The average Bonchev–Trinajstić information content (AvgIpc) is 2.61. The Morgan fingerprint density at radius 3 is 2.39 bits per heavy atom. The second kappa shape index (κ2) is 6.65. The van der Waals surface area contributed by atoms with Gasteiger partial charge in [0.1, 0.15) is 0 Å². The van der Waals surface area contributed by atoms with Crippen LogP contribution in [0.15, 0.2) is 54.6 Å². The zero-order valence-corrected chi connectivity index (χ0v) is 13.1. The summed E-state index contributed by atoms with van der Waals surface area (Å²) in [4.78, 5) is 26.3. The molecule has 2 aromatic carbocycles. The van der Waals surface area contributed by atoms with Crippen molar-refractivity contribution in [3.8, 4) is 0 Å². The van der Waals surface area contributed by atoms with E-state index in [2.05, 4.69) is 6.07 Å². The first-order chi connectivity index (χ1) is 11.1. The van der Waals surface area contributed by atoms with E-state index < -0.39 is 12.1 Å². The lowest BCUT2D eigenvalue weighted by molar-refractivity contribution is -0.140. The van der Waals surface area contributed by atoms with Crippen molar-refractivity contribution in [1.29, 1.82) is 0 Å². The number of nitrogens with zero attached hydrogens (tertiary/aromatic N) is 1. The van der Waals surface area contributed by atoms with E-state index in [1.807, 2.05) is 24.3 Å². The minimum absolute atomic E-state index is 0.149. The number of carbonyl (C=O) groups is 2. The predicted molar refractivity (Wildman–Crippen MR) is 86.9 cm³/mol. The SMILES string of the molecule is CC(OC(=O)c1ccccc1)C(=O)N1CCc2ccccc2C1. The average molecular weight is 309 g/mol.